The average molecular weight is 268 g/mol. The molecule has 1 aliphatic rings. The van der Waals surface area contributed by atoms with E-state index in [1.54, 1.807) is 6.20 Å². The molecule has 0 amide bonds. The van der Waals surface area contributed by atoms with Crippen molar-refractivity contribution in [3.8, 4) is 0 Å². The van der Waals surface area contributed by atoms with Gasteiger partial charge in [-0.1, -0.05) is 18.5 Å². The van der Waals surface area contributed by atoms with Crippen molar-refractivity contribution in [2.45, 2.75) is 32.9 Å². The van der Waals surface area contributed by atoms with Crippen molar-refractivity contribution in [2.75, 3.05) is 26.2 Å². The molecule has 1 aromatic heterocycles. The van der Waals surface area contributed by atoms with E-state index in [1.807, 2.05) is 12.1 Å². The van der Waals surface area contributed by atoms with E-state index >= 15 is 0 Å². The Kier molecular flexibility index (Phi) is 4.98. The fraction of sp³-hybridized carbons (Fsp3) is 0.643. The predicted molar refractivity (Wildman–Crippen MR) is 75.9 cm³/mol. The number of pyridine rings is 1. The molecule has 1 aromatic rings. The molecule has 1 aliphatic heterocycles. The molecule has 0 spiro atoms. The lowest BCUT2D eigenvalue weighted by atomic mass is 10.1. The molecule has 1 unspecified atom stereocenters. The maximum atomic E-state index is 5.91. The van der Waals surface area contributed by atoms with Crippen LogP contribution in [-0.4, -0.2) is 47.0 Å². The Morgan fingerprint density at radius 2 is 2.06 bits per heavy atom. The maximum absolute atomic E-state index is 5.91. The van der Waals surface area contributed by atoms with Crippen molar-refractivity contribution in [3.05, 3.63) is 29.0 Å². The number of rotatable bonds is 4. The molecule has 1 atom stereocenters. The van der Waals surface area contributed by atoms with Gasteiger partial charge in [0.15, 0.2) is 0 Å². The van der Waals surface area contributed by atoms with Gasteiger partial charge in [-0.3, -0.25) is 9.80 Å². The summed E-state index contributed by atoms with van der Waals surface area (Å²) >= 11 is 5.91. The Labute approximate surface area is 115 Å². The van der Waals surface area contributed by atoms with Crippen LogP contribution in [0.3, 0.4) is 0 Å². The van der Waals surface area contributed by atoms with Crippen molar-refractivity contribution < 1.29 is 0 Å². The summed E-state index contributed by atoms with van der Waals surface area (Å²) in [5, 5.41) is 0.589. The smallest absolute Gasteiger partial charge is 0.129 e. The van der Waals surface area contributed by atoms with Gasteiger partial charge < -0.3 is 0 Å². The fourth-order valence-corrected chi connectivity index (χ4v) is 2.62. The van der Waals surface area contributed by atoms with E-state index in [0.29, 0.717) is 11.2 Å². The summed E-state index contributed by atoms with van der Waals surface area (Å²) in [5.74, 6) is 0. The molecule has 0 bridgehead atoms. The molecule has 1 saturated heterocycles. The van der Waals surface area contributed by atoms with Gasteiger partial charge in [0.25, 0.3) is 0 Å². The van der Waals surface area contributed by atoms with E-state index in [2.05, 4.69) is 28.6 Å². The van der Waals surface area contributed by atoms with Crippen LogP contribution in [0.1, 0.15) is 25.8 Å². The van der Waals surface area contributed by atoms with Gasteiger partial charge in [0, 0.05) is 45.0 Å². The number of halogens is 1. The Morgan fingerprint density at radius 1 is 1.33 bits per heavy atom. The molecule has 2 rings (SSSR count). The highest BCUT2D eigenvalue weighted by Crippen LogP contribution is 2.13. The number of piperazine rings is 1. The van der Waals surface area contributed by atoms with Gasteiger partial charge in [0.05, 0.1) is 0 Å². The summed E-state index contributed by atoms with van der Waals surface area (Å²) < 4.78 is 0. The lowest BCUT2D eigenvalue weighted by molar-refractivity contribution is 0.0963. The van der Waals surface area contributed by atoms with Crippen molar-refractivity contribution >= 4 is 11.6 Å². The van der Waals surface area contributed by atoms with E-state index in [-0.39, 0.29) is 0 Å². The highest BCUT2D eigenvalue weighted by Gasteiger charge is 2.19. The van der Waals surface area contributed by atoms with Crippen LogP contribution in [0.25, 0.3) is 0 Å². The van der Waals surface area contributed by atoms with Gasteiger partial charge in [-0.2, -0.15) is 0 Å². The summed E-state index contributed by atoms with van der Waals surface area (Å²) in [6, 6.07) is 4.72. The minimum Gasteiger partial charge on any atom is -0.298 e. The van der Waals surface area contributed by atoms with Crippen LogP contribution in [0.4, 0.5) is 0 Å². The third kappa shape index (κ3) is 3.67. The van der Waals surface area contributed by atoms with Crippen molar-refractivity contribution in [1.82, 2.24) is 14.8 Å². The second kappa shape index (κ2) is 6.50. The zero-order chi connectivity index (χ0) is 13.0. The molecule has 3 nitrogen and oxygen atoms in total. The van der Waals surface area contributed by atoms with Crippen molar-refractivity contribution in [3.63, 3.8) is 0 Å². The van der Waals surface area contributed by atoms with Gasteiger partial charge in [-0.05, 0) is 31.0 Å². The largest absolute Gasteiger partial charge is 0.298 e. The van der Waals surface area contributed by atoms with Crippen LogP contribution in [0.5, 0.6) is 0 Å². The Balaban J connectivity index is 1.83. The fourth-order valence-electron chi connectivity index (χ4n) is 2.42. The summed E-state index contributed by atoms with van der Waals surface area (Å²) in [4.78, 5) is 9.09. The Bertz CT molecular complexity index is 375. The maximum Gasteiger partial charge on any atom is 0.129 e. The second-order valence-electron chi connectivity index (χ2n) is 5.06. The normalized spacial score (nSPS) is 19.9. The molecule has 4 heteroatoms. The van der Waals surface area contributed by atoms with Gasteiger partial charge in [-0.15, -0.1) is 0 Å². The van der Waals surface area contributed by atoms with Gasteiger partial charge in [0.1, 0.15) is 5.15 Å². The SMILES string of the molecule is CCC(C)N1CCN(Cc2ccnc(Cl)c2)CC1. The Hall–Kier alpha value is -0.640. The number of hydrogen-bond donors (Lipinski definition) is 0. The van der Waals surface area contributed by atoms with E-state index in [1.165, 1.54) is 25.1 Å². The second-order valence-corrected chi connectivity index (χ2v) is 5.44. The monoisotopic (exact) mass is 267 g/mol. The van der Waals surface area contributed by atoms with Crippen LogP contribution >= 0.6 is 11.6 Å². The predicted octanol–water partition coefficient (Wildman–Crippen LogP) is 2.65. The van der Waals surface area contributed by atoms with E-state index in [0.717, 1.165) is 19.6 Å². The summed E-state index contributed by atoms with van der Waals surface area (Å²) in [7, 11) is 0. The molecule has 0 aromatic carbocycles. The quantitative estimate of drug-likeness (QED) is 0.782. The molecule has 0 radical (unpaired) electrons. The van der Waals surface area contributed by atoms with E-state index < -0.39 is 0 Å². The lowest BCUT2D eigenvalue weighted by Crippen LogP contribution is -2.48. The summed E-state index contributed by atoms with van der Waals surface area (Å²) in [6.07, 6.45) is 3.02. The average Bonchev–Trinajstić information content (AvgIpc) is 2.39. The molecule has 100 valence electrons. The zero-order valence-corrected chi connectivity index (χ0v) is 12.0. The highest BCUT2D eigenvalue weighted by atomic mass is 35.5. The lowest BCUT2D eigenvalue weighted by Gasteiger charge is -2.37. The van der Waals surface area contributed by atoms with Crippen LogP contribution in [0.2, 0.25) is 5.15 Å². The molecular formula is C14H22ClN3. The molecule has 0 aliphatic carbocycles. The molecular weight excluding hydrogens is 246 g/mol. The first-order chi connectivity index (χ1) is 8.69. The summed E-state index contributed by atoms with van der Waals surface area (Å²) in [6.45, 7) is 10.2. The van der Waals surface area contributed by atoms with Crippen LogP contribution in [0.15, 0.2) is 18.3 Å². The zero-order valence-electron chi connectivity index (χ0n) is 11.3. The highest BCUT2D eigenvalue weighted by molar-refractivity contribution is 6.29. The van der Waals surface area contributed by atoms with Crippen LogP contribution in [0, 0.1) is 0 Å². The molecule has 2 heterocycles. The standard InChI is InChI=1S/C14H22ClN3/c1-3-12(2)18-8-6-17(7-9-18)11-13-4-5-16-14(15)10-13/h4-5,10,12H,3,6-9,11H2,1-2H3. The third-order valence-corrected chi connectivity index (χ3v) is 4.02. The van der Waals surface area contributed by atoms with Gasteiger partial charge in [0.2, 0.25) is 0 Å². The minimum atomic E-state index is 0.589. The minimum absolute atomic E-state index is 0.589. The summed E-state index contributed by atoms with van der Waals surface area (Å²) in [5.41, 5.74) is 1.26. The van der Waals surface area contributed by atoms with Crippen LogP contribution < -0.4 is 0 Å². The van der Waals surface area contributed by atoms with Gasteiger partial charge in [-0.25, -0.2) is 4.98 Å². The molecule has 0 N–H and O–H groups in total. The van der Waals surface area contributed by atoms with E-state index in [9.17, 15) is 0 Å². The third-order valence-electron chi connectivity index (χ3n) is 3.82. The van der Waals surface area contributed by atoms with Crippen molar-refractivity contribution in [2.24, 2.45) is 0 Å². The topological polar surface area (TPSA) is 19.4 Å². The molecule has 1 fully saturated rings. The first-order valence-corrected chi connectivity index (χ1v) is 7.13. The molecule has 0 saturated carbocycles. The van der Waals surface area contributed by atoms with Crippen LogP contribution in [-0.2, 0) is 6.54 Å². The number of hydrogen-bond acceptors (Lipinski definition) is 3. The van der Waals surface area contributed by atoms with Gasteiger partial charge >= 0.3 is 0 Å². The molecule has 18 heavy (non-hydrogen) atoms. The first-order valence-electron chi connectivity index (χ1n) is 6.76. The first kappa shape index (κ1) is 13.8. The van der Waals surface area contributed by atoms with Crippen molar-refractivity contribution in [1.29, 1.82) is 0 Å². The number of aromatic nitrogens is 1. The number of nitrogens with zero attached hydrogens (tertiary/aromatic N) is 3. The Morgan fingerprint density at radius 3 is 2.67 bits per heavy atom. The van der Waals surface area contributed by atoms with E-state index in [4.69, 9.17) is 11.6 Å².